The zero-order valence-corrected chi connectivity index (χ0v) is 12.4. The molecule has 0 saturated heterocycles. The molecule has 0 spiro atoms. The third-order valence-electron chi connectivity index (χ3n) is 3.64. The Morgan fingerprint density at radius 1 is 0.905 bits per heavy atom. The van der Waals surface area contributed by atoms with Gasteiger partial charge in [-0.05, 0) is 23.3 Å². The van der Waals surface area contributed by atoms with Gasteiger partial charge in [-0.2, -0.15) is 0 Å². The molecule has 0 fully saturated rings. The topological polar surface area (TPSA) is 38.7 Å². The van der Waals surface area contributed by atoms with Crippen molar-refractivity contribution in [2.45, 2.75) is 20.0 Å². The van der Waals surface area contributed by atoms with E-state index in [2.05, 4.69) is 13.8 Å². The molecule has 110 valence electrons. The molecule has 2 aromatic rings. The highest BCUT2D eigenvalue weighted by Gasteiger charge is 2.25. The lowest BCUT2D eigenvalue weighted by Gasteiger charge is -2.19. The molecule has 0 bridgehead atoms. The van der Waals surface area contributed by atoms with Crippen LogP contribution in [0.1, 0.15) is 31.1 Å². The minimum absolute atomic E-state index is 0.0166. The molecule has 3 rings (SSSR count). The number of hydrogen-bond donors (Lipinski definition) is 1. The minimum Gasteiger partial charge on any atom is -0.489 e. The number of benzene rings is 2. The second-order valence-electron chi connectivity index (χ2n) is 6.26. The summed E-state index contributed by atoms with van der Waals surface area (Å²) in [5.41, 5.74) is 1.66. The van der Waals surface area contributed by atoms with E-state index in [1.54, 1.807) is 0 Å². The third-order valence-corrected chi connectivity index (χ3v) is 3.64. The fourth-order valence-electron chi connectivity index (χ4n) is 2.34. The van der Waals surface area contributed by atoms with Gasteiger partial charge in [-0.25, -0.2) is 0 Å². The molecule has 21 heavy (non-hydrogen) atoms. The SMILES string of the molecule is CC1(C)COc2ccc(C(O)c3ccccc3)cc2OC1. The summed E-state index contributed by atoms with van der Waals surface area (Å²) in [4.78, 5) is 0. The first-order valence-electron chi connectivity index (χ1n) is 7.18. The van der Waals surface area contributed by atoms with Gasteiger partial charge in [0.15, 0.2) is 11.5 Å². The van der Waals surface area contributed by atoms with Crippen LogP contribution in [0.15, 0.2) is 48.5 Å². The van der Waals surface area contributed by atoms with Gasteiger partial charge in [0.1, 0.15) is 6.10 Å². The summed E-state index contributed by atoms with van der Waals surface area (Å²) in [6.45, 7) is 5.45. The average molecular weight is 284 g/mol. The first-order chi connectivity index (χ1) is 10.1. The molecule has 0 saturated carbocycles. The number of rotatable bonds is 2. The number of fused-ring (bicyclic) bond motifs is 1. The second-order valence-corrected chi connectivity index (χ2v) is 6.26. The second kappa shape index (κ2) is 5.41. The first-order valence-corrected chi connectivity index (χ1v) is 7.18. The quantitative estimate of drug-likeness (QED) is 0.916. The molecular formula is C18H20O3. The molecule has 0 aromatic heterocycles. The van der Waals surface area contributed by atoms with Crippen LogP contribution < -0.4 is 9.47 Å². The summed E-state index contributed by atoms with van der Waals surface area (Å²) in [5.74, 6) is 1.44. The highest BCUT2D eigenvalue weighted by atomic mass is 16.5. The van der Waals surface area contributed by atoms with Crippen LogP contribution in [0.5, 0.6) is 11.5 Å². The Morgan fingerprint density at radius 2 is 1.57 bits per heavy atom. The summed E-state index contributed by atoms with van der Waals surface area (Å²) in [6, 6.07) is 15.2. The van der Waals surface area contributed by atoms with Crippen LogP contribution in [0.3, 0.4) is 0 Å². The number of ether oxygens (including phenoxy) is 2. The third kappa shape index (κ3) is 3.03. The number of aliphatic hydroxyl groups is 1. The van der Waals surface area contributed by atoms with E-state index in [4.69, 9.17) is 9.47 Å². The lowest BCUT2D eigenvalue weighted by Crippen LogP contribution is -2.26. The fraction of sp³-hybridized carbons (Fsp3) is 0.333. The van der Waals surface area contributed by atoms with E-state index in [1.165, 1.54) is 0 Å². The summed E-state index contributed by atoms with van der Waals surface area (Å²) in [7, 11) is 0. The van der Waals surface area contributed by atoms with Gasteiger partial charge in [0.25, 0.3) is 0 Å². The minimum atomic E-state index is -0.656. The van der Waals surface area contributed by atoms with Crippen molar-refractivity contribution in [3.8, 4) is 11.5 Å². The number of aliphatic hydroxyl groups excluding tert-OH is 1. The summed E-state index contributed by atoms with van der Waals surface area (Å²) in [5, 5.41) is 10.5. The summed E-state index contributed by atoms with van der Waals surface area (Å²) in [6.07, 6.45) is -0.656. The Morgan fingerprint density at radius 3 is 2.29 bits per heavy atom. The predicted molar refractivity (Wildman–Crippen MR) is 81.7 cm³/mol. The molecule has 3 nitrogen and oxygen atoms in total. The van der Waals surface area contributed by atoms with Crippen molar-refractivity contribution in [2.75, 3.05) is 13.2 Å². The maximum Gasteiger partial charge on any atom is 0.161 e. The molecule has 1 N–H and O–H groups in total. The van der Waals surface area contributed by atoms with Crippen molar-refractivity contribution < 1.29 is 14.6 Å². The van der Waals surface area contributed by atoms with Gasteiger partial charge in [-0.1, -0.05) is 50.2 Å². The molecule has 1 heterocycles. The maximum atomic E-state index is 10.5. The Labute approximate surface area is 125 Å². The number of hydrogen-bond acceptors (Lipinski definition) is 3. The normalized spacial score (nSPS) is 17.9. The van der Waals surface area contributed by atoms with Crippen molar-refractivity contribution in [2.24, 2.45) is 5.41 Å². The zero-order valence-electron chi connectivity index (χ0n) is 12.4. The molecule has 2 aromatic carbocycles. The van der Waals surface area contributed by atoms with Gasteiger partial charge in [0, 0.05) is 5.41 Å². The Kier molecular flexibility index (Phi) is 3.60. The Hall–Kier alpha value is -2.00. The van der Waals surface area contributed by atoms with Gasteiger partial charge >= 0.3 is 0 Å². The highest BCUT2D eigenvalue weighted by molar-refractivity contribution is 5.45. The molecule has 0 aliphatic carbocycles. The maximum absolute atomic E-state index is 10.5. The van der Waals surface area contributed by atoms with E-state index in [0.717, 1.165) is 16.9 Å². The molecule has 1 atom stereocenters. The molecule has 3 heteroatoms. The van der Waals surface area contributed by atoms with Crippen LogP contribution in [0.25, 0.3) is 0 Å². The van der Waals surface area contributed by atoms with Gasteiger partial charge in [0.2, 0.25) is 0 Å². The van der Waals surface area contributed by atoms with Crippen molar-refractivity contribution >= 4 is 0 Å². The van der Waals surface area contributed by atoms with Gasteiger partial charge < -0.3 is 14.6 Å². The van der Waals surface area contributed by atoms with E-state index in [-0.39, 0.29) is 5.41 Å². The van der Waals surface area contributed by atoms with E-state index in [0.29, 0.717) is 19.0 Å². The van der Waals surface area contributed by atoms with Crippen LogP contribution >= 0.6 is 0 Å². The van der Waals surface area contributed by atoms with Crippen LogP contribution in [-0.4, -0.2) is 18.3 Å². The van der Waals surface area contributed by atoms with E-state index < -0.39 is 6.10 Å². The fourth-order valence-corrected chi connectivity index (χ4v) is 2.34. The van der Waals surface area contributed by atoms with Crippen molar-refractivity contribution in [3.05, 3.63) is 59.7 Å². The van der Waals surface area contributed by atoms with E-state index in [9.17, 15) is 5.11 Å². The molecule has 0 amide bonds. The van der Waals surface area contributed by atoms with Crippen LogP contribution in [0.2, 0.25) is 0 Å². The van der Waals surface area contributed by atoms with Crippen molar-refractivity contribution in [1.29, 1.82) is 0 Å². The van der Waals surface area contributed by atoms with Gasteiger partial charge in [0.05, 0.1) is 13.2 Å². The standard InChI is InChI=1S/C18H20O3/c1-18(2)11-20-15-9-8-14(10-16(15)21-12-18)17(19)13-6-4-3-5-7-13/h3-10,17,19H,11-12H2,1-2H3. The summed E-state index contributed by atoms with van der Waals surface area (Å²) < 4.78 is 11.7. The Balaban J connectivity index is 1.89. The van der Waals surface area contributed by atoms with Crippen LogP contribution in [0.4, 0.5) is 0 Å². The lowest BCUT2D eigenvalue weighted by atomic mass is 9.97. The average Bonchev–Trinajstić information content (AvgIpc) is 2.66. The summed E-state index contributed by atoms with van der Waals surface area (Å²) >= 11 is 0. The first kappa shape index (κ1) is 14.0. The van der Waals surface area contributed by atoms with Crippen LogP contribution in [0, 0.1) is 5.41 Å². The van der Waals surface area contributed by atoms with E-state index in [1.807, 2.05) is 48.5 Å². The van der Waals surface area contributed by atoms with Gasteiger partial charge in [-0.15, -0.1) is 0 Å². The molecule has 1 aliphatic heterocycles. The van der Waals surface area contributed by atoms with E-state index >= 15 is 0 Å². The predicted octanol–water partition coefficient (Wildman–Crippen LogP) is 3.57. The smallest absolute Gasteiger partial charge is 0.161 e. The highest BCUT2D eigenvalue weighted by Crippen LogP contribution is 2.36. The molecule has 1 aliphatic rings. The van der Waals surface area contributed by atoms with Crippen molar-refractivity contribution in [1.82, 2.24) is 0 Å². The largest absolute Gasteiger partial charge is 0.489 e. The zero-order chi connectivity index (χ0) is 14.9. The van der Waals surface area contributed by atoms with Gasteiger partial charge in [-0.3, -0.25) is 0 Å². The van der Waals surface area contributed by atoms with Crippen LogP contribution in [-0.2, 0) is 0 Å². The monoisotopic (exact) mass is 284 g/mol. The molecule has 0 radical (unpaired) electrons. The molecular weight excluding hydrogens is 264 g/mol. The Bertz CT molecular complexity index is 620. The van der Waals surface area contributed by atoms with Crippen molar-refractivity contribution in [3.63, 3.8) is 0 Å². The molecule has 1 unspecified atom stereocenters. The lowest BCUT2D eigenvalue weighted by molar-refractivity contribution is 0.140.